The number of carbonyl (C=O) groups is 1. The molecule has 3 N–H and O–H groups in total. The fourth-order valence-corrected chi connectivity index (χ4v) is 2.11. The standard InChI is InChI=1S/C15H20F2N2O2/c16-15(17)21-12-6-1-10(2-7-12)3-8-14(20)19-9-13(18)11-4-5-11/h1-2,6-7,11,13,15H,3-5,8-9,18H2,(H,19,20). The Kier molecular flexibility index (Phi) is 5.50. The minimum Gasteiger partial charge on any atom is -0.435 e. The highest BCUT2D eigenvalue weighted by molar-refractivity contribution is 5.76. The quantitative estimate of drug-likeness (QED) is 0.772. The average molecular weight is 298 g/mol. The lowest BCUT2D eigenvalue weighted by atomic mass is 10.1. The monoisotopic (exact) mass is 298 g/mol. The molecule has 0 heterocycles. The summed E-state index contributed by atoms with van der Waals surface area (Å²) in [5.41, 5.74) is 6.80. The Hall–Kier alpha value is -1.69. The molecule has 21 heavy (non-hydrogen) atoms. The van der Waals surface area contributed by atoms with Crippen LogP contribution in [-0.2, 0) is 11.2 Å². The Bertz CT molecular complexity index is 461. The van der Waals surface area contributed by atoms with Crippen LogP contribution in [0.15, 0.2) is 24.3 Å². The van der Waals surface area contributed by atoms with Crippen molar-refractivity contribution in [3.05, 3.63) is 29.8 Å². The molecule has 1 amide bonds. The van der Waals surface area contributed by atoms with Crippen LogP contribution in [-0.4, -0.2) is 25.1 Å². The van der Waals surface area contributed by atoms with Crippen molar-refractivity contribution in [2.75, 3.05) is 6.54 Å². The van der Waals surface area contributed by atoms with E-state index in [2.05, 4.69) is 10.1 Å². The third-order valence-electron chi connectivity index (χ3n) is 3.55. The predicted octanol–water partition coefficient (Wildman–Crippen LogP) is 2.07. The highest BCUT2D eigenvalue weighted by Gasteiger charge is 2.28. The SMILES string of the molecule is NC(CNC(=O)CCc1ccc(OC(F)F)cc1)C1CC1. The first-order valence-corrected chi connectivity index (χ1v) is 7.10. The third-order valence-corrected chi connectivity index (χ3v) is 3.55. The molecule has 4 nitrogen and oxygen atoms in total. The van der Waals surface area contributed by atoms with Gasteiger partial charge in [-0.3, -0.25) is 4.79 Å². The molecule has 0 aromatic heterocycles. The summed E-state index contributed by atoms with van der Waals surface area (Å²) >= 11 is 0. The van der Waals surface area contributed by atoms with Gasteiger partial charge in [0.05, 0.1) is 0 Å². The lowest BCUT2D eigenvalue weighted by Crippen LogP contribution is -2.38. The van der Waals surface area contributed by atoms with Crippen molar-refractivity contribution in [1.29, 1.82) is 0 Å². The van der Waals surface area contributed by atoms with Gasteiger partial charge in [-0.25, -0.2) is 0 Å². The largest absolute Gasteiger partial charge is 0.435 e. The second kappa shape index (κ2) is 7.36. The lowest BCUT2D eigenvalue weighted by Gasteiger charge is -2.11. The first kappa shape index (κ1) is 15.7. The molecule has 0 saturated heterocycles. The van der Waals surface area contributed by atoms with Gasteiger partial charge in [0.2, 0.25) is 5.91 Å². The van der Waals surface area contributed by atoms with Gasteiger partial charge in [-0.1, -0.05) is 12.1 Å². The Labute approximate surface area is 122 Å². The summed E-state index contributed by atoms with van der Waals surface area (Å²) in [5.74, 6) is 0.639. The number of nitrogens with one attached hydrogen (secondary N) is 1. The van der Waals surface area contributed by atoms with Crippen molar-refractivity contribution in [1.82, 2.24) is 5.32 Å². The van der Waals surface area contributed by atoms with Crippen LogP contribution in [0.1, 0.15) is 24.8 Å². The van der Waals surface area contributed by atoms with Gasteiger partial charge in [-0.2, -0.15) is 8.78 Å². The van der Waals surface area contributed by atoms with Crippen molar-refractivity contribution in [2.24, 2.45) is 11.7 Å². The molecule has 0 bridgehead atoms. The zero-order valence-corrected chi connectivity index (χ0v) is 11.7. The fraction of sp³-hybridized carbons (Fsp3) is 0.533. The molecule has 1 aromatic rings. The number of halogens is 2. The normalized spacial score (nSPS) is 15.8. The van der Waals surface area contributed by atoms with Crippen molar-refractivity contribution in [3.63, 3.8) is 0 Å². The lowest BCUT2D eigenvalue weighted by molar-refractivity contribution is -0.121. The van der Waals surface area contributed by atoms with Gasteiger partial charge >= 0.3 is 6.61 Å². The van der Waals surface area contributed by atoms with Gasteiger partial charge in [0.1, 0.15) is 5.75 Å². The molecule has 116 valence electrons. The summed E-state index contributed by atoms with van der Waals surface area (Å²) in [6.07, 6.45) is 3.22. The maximum atomic E-state index is 12.0. The predicted molar refractivity (Wildman–Crippen MR) is 75.1 cm³/mol. The van der Waals surface area contributed by atoms with Crippen LogP contribution in [0, 0.1) is 5.92 Å². The van der Waals surface area contributed by atoms with Crippen LogP contribution < -0.4 is 15.8 Å². The van der Waals surface area contributed by atoms with Crippen LogP contribution >= 0.6 is 0 Å². The summed E-state index contributed by atoms with van der Waals surface area (Å²) < 4.78 is 28.3. The molecule has 1 atom stereocenters. The number of nitrogens with two attached hydrogens (primary N) is 1. The van der Waals surface area contributed by atoms with E-state index in [-0.39, 0.29) is 17.7 Å². The van der Waals surface area contributed by atoms with Gasteiger partial charge in [-0.15, -0.1) is 0 Å². The molecular formula is C15H20F2N2O2. The smallest absolute Gasteiger partial charge is 0.387 e. The second-order valence-corrected chi connectivity index (χ2v) is 5.33. The molecule has 2 rings (SSSR count). The Morgan fingerprint density at radius 3 is 2.57 bits per heavy atom. The van der Waals surface area contributed by atoms with E-state index in [1.807, 2.05) is 0 Å². The van der Waals surface area contributed by atoms with Crippen molar-refractivity contribution in [3.8, 4) is 5.75 Å². The van der Waals surface area contributed by atoms with Crippen LogP contribution in [0.5, 0.6) is 5.75 Å². The van der Waals surface area contributed by atoms with E-state index in [0.29, 0.717) is 25.3 Å². The molecule has 1 saturated carbocycles. The van der Waals surface area contributed by atoms with E-state index in [1.165, 1.54) is 12.1 Å². The van der Waals surface area contributed by atoms with Gasteiger partial charge < -0.3 is 15.8 Å². The van der Waals surface area contributed by atoms with E-state index in [1.54, 1.807) is 12.1 Å². The molecule has 1 aliphatic rings. The highest BCUT2D eigenvalue weighted by Crippen LogP contribution is 2.31. The molecule has 1 fully saturated rings. The molecule has 1 aromatic carbocycles. The summed E-state index contributed by atoms with van der Waals surface area (Å²) in [5, 5.41) is 2.82. The van der Waals surface area contributed by atoms with E-state index >= 15 is 0 Å². The number of hydrogen-bond acceptors (Lipinski definition) is 3. The number of amides is 1. The van der Waals surface area contributed by atoms with Crippen LogP contribution in [0.2, 0.25) is 0 Å². The topological polar surface area (TPSA) is 64.3 Å². The summed E-state index contributed by atoms with van der Waals surface area (Å²) in [4.78, 5) is 11.7. The van der Waals surface area contributed by atoms with Crippen LogP contribution in [0.4, 0.5) is 8.78 Å². The minimum absolute atomic E-state index is 0.0426. The van der Waals surface area contributed by atoms with Crippen molar-refractivity contribution in [2.45, 2.75) is 38.3 Å². The van der Waals surface area contributed by atoms with E-state index < -0.39 is 6.61 Å². The van der Waals surface area contributed by atoms with E-state index in [4.69, 9.17) is 5.73 Å². The first-order chi connectivity index (χ1) is 10.0. The molecule has 1 unspecified atom stereocenters. The molecular weight excluding hydrogens is 278 g/mol. The number of aryl methyl sites for hydroxylation is 1. The summed E-state index contributed by atoms with van der Waals surface area (Å²) in [6, 6.07) is 6.37. The first-order valence-electron chi connectivity index (χ1n) is 7.10. The van der Waals surface area contributed by atoms with Crippen molar-refractivity contribution < 1.29 is 18.3 Å². The van der Waals surface area contributed by atoms with Crippen molar-refractivity contribution >= 4 is 5.91 Å². The Morgan fingerprint density at radius 2 is 2.00 bits per heavy atom. The third kappa shape index (κ3) is 5.67. The zero-order valence-electron chi connectivity index (χ0n) is 11.7. The maximum Gasteiger partial charge on any atom is 0.387 e. The molecule has 0 radical (unpaired) electrons. The van der Waals surface area contributed by atoms with Gasteiger partial charge in [0, 0.05) is 19.0 Å². The molecule has 0 spiro atoms. The van der Waals surface area contributed by atoms with Gasteiger partial charge in [0.25, 0.3) is 0 Å². The number of ether oxygens (including phenoxy) is 1. The van der Waals surface area contributed by atoms with E-state index in [0.717, 1.165) is 18.4 Å². The van der Waals surface area contributed by atoms with Crippen LogP contribution in [0.3, 0.4) is 0 Å². The zero-order chi connectivity index (χ0) is 15.2. The summed E-state index contributed by atoms with van der Waals surface area (Å²) in [7, 11) is 0. The molecule has 0 aliphatic heterocycles. The number of alkyl halides is 2. The summed E-state index contributed by atoms with van der Waals surface area (Å²) in [6.45, 7) is -2.30. The molecule has 1 aliphatic carbocycles. The minimum atomic E-state index is -2.82. The van der Waals surface area contributed by atoms with E-state index in [9.17, 15) is 13.6 Å². The number of rotatable bonds is 8. The average Bonchev–Trinajstić information content (AvgIpc) is 3.28. The fourth-order valence-electron chi connectivity index (χ4n) is 2.11. The maximum absolute atomic E-state index is 12.0. The highest BCUT2D eigenvalue weighted by atomic mass is 19.3. The van der Waals surface area contributed by atoms with Crippen LogP contribution in [0.25, 0.3) is 0 Å². The number of benzene rings is 1. The molecule has 6 heteroatoms. The second-order valence-electron chi connectivity index (χ2n) is 5.33. The Morgan fingerprint density at radius 1 is 1.33 bits per heavy atom. The van der Waals surface area contributed by atoms with Gasteiger partial charge in [-0.05, 0) is 42.9 Å². The number of carbonyl (C=O) groups excluding carboxylic acids is 1. The van der Waals surface area contributed by atoms with Gasteiger partial charge in [0.15, 0.2) is 0 Å². The Balaban J connectivity index is 1.68. The number of hydrogen-bond donors (Lipinski definition) is 2.